The number of carbonyl (C=O) groups is 2. The summed E-state index contributed by atoms with van der Waals surface area (Å²) in [7, 11) is 4.26. The number of hydrogen-bond donors (Lipinski definition) is 0. The Hall–Kier alpha value is -3.02. The first-order valence-electron chi connectivity index (χ1n) is 7.14. The Balaban J connectivity index is 2.58. The van der Waals surface area contributed by atoms with Crippen LogP contribution in [0.25, 0.3) is 0 Å². The van der Waals surface area contributed by atoms with Crippen molar-refractivity contribution >= 4 is 11.8 Å². The molecule has 0 atom stereocenters. The highest BCUT2D eigenvalue weighted by molar-refractivity contribution is 6.01. The molecule has 0 spiro atoms. The molecule has 24 heavy (non-hydrogen) atoms. The minimum Gasteiger partial charge on any atom is -0.493 e. The summed E-state index contributed by atoms with van der Waals surface area (Å²) in [5, 5.41) is 0. The van der Waals surface area contributed by atoms with Crippen LogP contribution in [-0.2, 0) is 0 Å². The number of ether oxygens (including phenoxy) is 4. The molecule has 0 unspecified atom stereocenters. The van der Waals surface area contributed by atoms with E-state index in [2.05, 4.69) is 0 Å². The number of methoxy groups -OCH3 is 3. The Morgan fingerprint density at radius 2 is 1.46 bits per heavy atom. The van der Waals surface area contributed by atoms with Gasteiger partial charge in [-0.15, -0.1) is 0 Å². The van der Waals surface area contributed by atoms with Crippen LogP contribution in [0.15, 0.2) is 36.4 Å². The highest BCUT2D eigenvalue weighted by atomic mass is 16.6. The van der Waals surface area contributed by atoms with Crippen LogP contribution >= 0.6 is 0 Å². The van der Waals surface area contributed by atoms with Crippen molar-refractivity contribution in [2.75, 3.05) is 21.3 Å². The summed E-state index contributed by atoms with van der Waals surface area (Å²) in [4.78, 5) is 24.3. The van der Waals surface area contributed by atoms with Crippen molar-refractivity contribution in [2.45, 2.75) is 6.92 Å². The summed E-state index contributed by atoms with van der Waals surface area (Å²) in [5.74, 6) is -0.253. The van der Waals surface area contributed by atoms with E-state index in [1.54, 1.807) is 30.3 Å². The lowest BCUT2D eigenvalue weighted by molar-refractivity contribution is 0.0726. The molecule has 0 fully saturated rings. The van der Waals surface area contributed by atoms with Crippen molar-refractivity contribution < 1.29 is 28.5 Å². The van der Waals surface area contributed by atoms with Gasteiger partial charge in [-0.1, -0.05) is 18.2 Å². The average molecular weight is 330 g/mol. The van der Waals surface area contributed by atoms with Gasteiger partial charge in [-0.3, -0.25) is 4.79 Å². The molecular weight excluding hydrogens is 312 g/mol. The van der Waals surface area contributed by atoms with E-state index in [0.29, 0.717) is 11.3 Å². The van der Waals surface area contributed by atoms with Crippen LogP contribution in [0.1, 0.15) is 27.6 Å². The molecule has 0 aliphatic heterocycles. The molecule has 0 amide bonds. The minimum atomic E-state index is -0.608. The van der Waals surface area contributed by atoms with E-state index in [1.807, 2.05) is 0 Å². The number of rotatable bonds is 6. The topological polar surface area (TPSA) is 71.1 Å². The van der Waals surface area contributed by atoms with E-state index in [-0.39, 0.29) is 28.6 Å². The van der Waals surface area contributed by atoms with Crippen molar-refractivity contribution in [3.63, 3.8) is 0 Å². The van der Waals surface area contributed by atoms with Gasteiger partial charge in [0, 0.05) is 0 Å². The lowest BCUT2D eigenvalue weighted by Gasteiger charge is -2.18. The maximum absolute atomic E-state index is 12.4. The van der Waals surface area contributed by atoms with Gasteiger partial charge in [0.25, 0.3) is 0 Å². The van der Waals surface area contributed by atoms with Gasteiger partial charge in [-0.2, -0.15) is 0 Å². The summed E-state index contributed by atoms with van der Waals surface area (Å²) in [5.41, 5.74) is 0.512. The maximum atomic E-state index is 12.4. The second-order valence-corrected chi connectivity index (χ2v) is 4.83. The van der Waals surface area contributed by atoms with Crippen LogP contribution in [0.4, 0.5) is 0 Å². The van der Waals surface area contributed by atoms with Gasteiger partial charge in [0.1, 0.15) is 0 Å². The quantitative estimate of drug-likeness (QED) is 0.460. The zero-order valence-corrected chi connectivity index (χ0v) is 13.9. The molecule has 0 radical (unpaired) electrons. The van der Waals surface area contributed by atoms with Crippen LogP contribution in [0.2, 0.25) is 0 Å². The fourth-order valence-electron chi connectivity index (χ4n) is 2.22. The summed E-state index contributed by atoms with van der Waals surface area (Å²) < 4.78 is 21.2. The molecule has 0 aromatic heterocycles. The van der Waals surface area contributed by atoms with Crippen LogP contribution < -0.4 is 18.9 Å². The smallest absolute Gasteiger partial charge is 0.343 e. The first-order valence-corrected chi connectivity index (χ1v) is 7.14. The Bertz CT molecular complexity index is 752. The van der Waals surface area contributed by atoms with Crippen molar-refractivity contribution in [1.29, 1.82) is 0 Å². The predicted octanol–water partition coefficient (Wildman–Crippen LogP) is 3.13. The summed E-state index contributed by atoms with van der Waals surface area (Å²) in [6.07, 6.45) is 0. The lowest BCUT2D eigenvalue weighted by atomic mass is 10.1. The molecule has 0 bridgehead atoms. The van der Waals surface area contributed by atoms with Gasteiger partial charge in [0.2, 0.25) is 11.5 Å². The zero-order chi connectivity index (χ0) is 17.7. The van der Waals surface area contributed by atoms with Gasteiger partial charge >= 0.3 is 5.97 Å². The third kappa shape index (κ3) is 3.32. The predicted molar refractivity (Wildman–Crippen MR) is 87.5 cm³/mol. The second-order valence-electron chi connectivity index (χ2n) is 4.83. The number of ketones is 1. The van der Waals surface area contributed by atoms with E-state index in [4.69, 9.17) is 18.9 Å². The summed E-state index contributed by atoms with van der Waals surface area (Å²) >= 11 is 0. The van der Waals surface area contributed by atoms with Gasteiger partial charge in [-0.25, -0.2) is 4.79 Å². The van der Waals surface area contributed by atoms with Crippen LogP contribution in [0.3, 0.4) is 0 Å². The van der Waals surface area contributed by atoms with Crippen LogP contribution in [0.5, 0.6) is 23.0 Å². The maximum Gasteiger partial charge on any atom is 0.343 e. The van der Waals surface area contributed by atoms with Gasteiger partial charge in [0.05, 0.1) is 32.5 Å². The highest BCUT2D eigenvalue weighted by Gasteiger charge is 2.26. The van der Waals surface area contributed by atoms with Gasteiger partial charge in [0.15, 0.2) is 17.3 Å². The lowest BCUT2D eigenvalue weighted by Crippen LogP contribution is -2.13. The van der Waals surface area contributed by atoms with E-state index in [9.17, 15) is 9.59 Å². The fourth-order valence-corrected chi connectivity index (χ4v) is 2.22. The number of Topliss-reactive ketones (excluding diaryl/α,β-unsaturated/α-hetero) is 1. The molecule has 0 aliphatic rings. The monoisotopic (exact) mass is 330 g/mol. The molecule has 0 heterocycles. The highest BCUT2D eigenvalue weighted by Crippen LogP contribution is 2.47. The first kappa shape index (κ1) is 17.3. The molecule has 6 nitrogen and oxygen atoms in total. The zero-order valence-electron chi connectivity index (χ0n) is 13.9. The Kier molecular flexibility index (Phi) is 5.42. The molecule has 2 aromatic rings. The molecular formula is C18H18O6. The normalized spacial score (nSPS) is 10.0. The fraction of sp³-hybridized carbons (Fsp3) is 0.222. The summed E-state index contributed by atoms with van der Waals surface area (Å²) in [6, 6.07) is 9.90. The average Bonchev–Trinajstić information content (AvgIpc) is 2.61. The van der Waals surface area contributed by atoms with Gasteiger partial charge in [-0.05, 0) is 25.1 Å². The van der Waals surface area contributed by atoms with Crippen LogP contribution in [0, 0.1) is 0 Å². The van der Waals surface area contributed by atoms with Crippen molar-refractivity contribution in [3.05, 3.63) is 47.5 Å². The molecule has 0 saturated heterocycles. The van der Waals surface area contributed by atoms with E-state index in [1.165, 1.54) is 34.3 Å². The SMILES string of the molecule is COc1cc(C(C)=O)c(OC(=O)c2ccccc2)c(OC)c1OC. The van der Waals surface area contributed by atoms with Crippen LogP contribution in [-0.4, -0.2) is 33.1 Å². The molecule has 126 valence electrons. The first-order chi connectivity index (χ1) is 11.5. The Labute approximate surface area is 139 Å². The Morgan fingerprint density at radius 1 is 0.833 bits per heavy atom. The van der Waals surface area contributed by atoms with Crippen molar-refractivity contribution in [2.24, 2.45) is 0 Å². The minimum absolute atomic E-state index is 0.00324. The third-order valence-corrected chi connectivity index (χ3v) is 3.37. The van der Waals surface area contributed by atoms with E-state index in [0.717, 1.165) is 0 Å². The largest absolute Gasteiger partial charge is 0.493 e. The number of benzene rings is 2. The number of carbonyl (C=O) groups excluding carboxylic acids is 2. The summed E-state index contributed by atoms with van der Waals surface area (Å²) in [6.45, 7) is 1.36. The Morgan fingerprint density at radius 3 is 1.96 bits per heavy atom. The molecule has 0 saturated carbocycles. The van der Waals surface area contributed by atoms with E-state index >= 15 is 0 Å². The molecule has 2 aromatic carbocycles. The third-order valence-electron chi connectivity index (χ3n) is 3.37. The van der Waals surface area contributed by atoms with E-state index < -0.39 is 5.97 Å². The second kappa shape index (κ2) is 7.50. The van der Waals surface area contributed by atoms with Gasteiger partial charge < -0.3 is 18.9 Å². The number of hydrogen-bond acceptors (Lipinski definition) is 6. The van der Waals surface area contributed by atoms with Crippen molar-refractivity contribution in [1.82, 2.24) is 0 Å². The molecule has 0 aliphatic carbocycles. The van der Waals surface area contributed by atoms with Crippen molar-refractivity contribution in [3.8, 4) is 23.0 Å². The number of esters is 1. The standard InChI is InChI=1S/C18H18O6/c1-11(19)13-10-14(21-2)16(22-3)17(23-4)15(13)24-18(20)12-8-6-5-7-9-12/h5-10H,1-4H3. The molecule has 6 heteroatoms. The molecule has 0 N–H and O–H groups in total. The molecule has 2 rings (SSSR count).